The molecule has 0 atom stereocenters. The molecule has 0 aliphatic rings. The minimum absolute atomic E-state index is 0.00883. The Kier molecular flexibility index (Phi) is 4.10. The molecule has 0 aromatic heterocycles. The second-order valence-corrected chi connectivity index (χ2v) is 3.92. The van der Waals surface area contributed by atoms with Crippen molar-refractivity contribution in [2.75, 3.05) is 17.3 Å². The van der Waals surface area contributed by atoms with Gasteiger partial charge in [0.05, 0.1) is 10.8 Å². The van der Waals surface area contributed by atoms with E-state index in [1.807, 2.05) is 6.26 Å². The summed E-state index contributed by atoms with van der Waals surface area (Å²) in [4.78, 5) is 11.2. The molecule has 14 heavy (non-hydrogen) atoms. The fourth-order valence-corrected chi connectivity index (χ4v) is 1.43. The molecule has 1 rings (SSSR count). The maximum atomic E-state index is 11.2. The second-order valence-electron chi connectivity index (χ2n) is 2.65. The first-order chi connectivity index (χ1) is 6.63. The number of hydrogen-bond acceptors (Lipinski definition) is 3. The summed E-state index contributed by atoms with van der Waals surface area (Å²) >= 11 is 7.11. The zero-order valence-electron chi connectivity index (χ0n) is 7.58. The molecule has 1 amide bonds. The van der Waals surface area contributed by atoms with E-state index in [0.717, 1.165) is 0 Å². The van der Waals surface area contributed by atoms with Crippen molar-refractivity contribution in [3.05, 3.63) is 23.2 Å². The molecule has 0 heterocycles. The molecule has 0 saturated carbocycles. The van der Waals surface area contributed by atoms with Crippen molar-refractivity contribution < 1.29 is 9.90 Å². The Labute approximate surface area is 91.5 Å². The van der Waals surface area contributed by atoms with E-state index >= 15 is 0 Å². The summed E-state index contributed by atoms with van der Waals surface area (Å²) in [6.07, 6.45) is 1.85. The molecule has 0 aliphatic carbocycles. The first-order valence-electron chi connectivity index (χ1n) is 3.91. The van der Waals surface area contributed by atoms with Gasteiger partial charge in [0, 0.05) is 5.69 Å². The highest BCUT2D eigenvalue weighted by Gasteiger charge is 2.03. The van der Waals surface area contributed by atoms with Gasteiger partial charge in [-0.15, -0.1) is 0 Å². The molecule has 0 bridgehead atoms. The van der Waals surface area contributed by atoms with Crippen molar-refractivity contribution in [3.63, 3.8) is 0 Å². The van der Waals surface area contributed by atoms with Gasteiger partial charge in [-0.2, -0.15) is 11.8 Å². The van der Waals surface area contributed by atoms with E-state index in [1.54, 1.807) is 6.07 Å². The number of carbonyl (C=O) groups is 1. The molecule has 0 fully saturated rings. The summed E-state index contributed by atoms with van der Waals surface area (Å²) in [6.45, 7) is 0. The Morgan fingerprint density at radius 2 is 2.36 bits per heavy atom. The zero-order chi connectivity index (χ0) is 10.6. The monoisotopic (exact) mass is 231 g/mol. The normalized spacial score (nSPS) is 9.86. The van der Waals surface area contributed by atoms with Gasteiger partial charge >= 0.3 is 0 Å². The lowest BCUT2D eigenvalue weighted by Gasteiger charge is -2.04. The topological polar surface area (TPSA) is 49.3 Å². The summed E-state index contributed by atoms with van der Waals surface area (Å²) in [5.74, 6) is 0.326. The molecule has 1 aromatic rings. The Hall–Kier alpha value is -0.870. The van der Waals surface area contributed by atoms with Crippen LogP contribution in [0.25, 0.3) is 0 Å². The molecule has 5 heteroatoms. The van der Waals surface area contributed by atoms with Crippen LogP contribution < -0.4 is 5.32 Å². The molecule has 76 valence electrons. The van der Waals surface area contributed by atoms with E-state index < -0.39 is 0 Å². The van der Waals surface area contributed by atoms with Crippen molar-refractivity contribution in [2.24, 2.45) is 0 Å². The molecule has 0 spiro atoms. The largest absolute Gasteiger partial charge is 0.506 e. The van der Waals surface area contributed by atoms with Gasteiger partial charge in [0.25, 0.3) is 0 Å². The number of carbonyl (C=O) groups excluding carboxylic acids is 1. The minimum atomic E-state index is -0.0840. The SMILES string of the molecule is CSCC(=O)Nc1ccc(O)c(Cl)c1. The number of benzene rings is 1. The van der Waals surface area contributed by atoms with Crippen molar-refractivity contribution >= 4 is 35.0 Å². The molecule has 0 saturated heterocycles. The van der Waals surface area contributed by atoms with Gasteiger partial charge < -0.3 is 10.4 Å². The van der Waals surface area contributed by atoms with E-state index in [0.29, 0.717) is 11.4 Å². The highest BCUT2D eigenvalue weighted by molar-refractivity contribution is 7.99. The van der Waals surface area contributed by atoms with Crippen LogP contribution in [-0.4, -0.2) is 23.0 Å². The van der Waals surface area contributed by atoms with E-state index in [2.05, 4.69) is 5.32 Å². The third kappa shape index (κ3) is 3.12. The van der Waals surface area contributed by atoms with E-state index in [4.69, 9.17) is 16.7 Å². The average Bonchev–Trinajstić information content (AvgIpc) is 2.12. The molecular weight excluding hydrogens is 222 g/mol. The van der Waals surface area contributed by atoms with Gasteiger partial charge in [0.1, 0.15) is 5.75 Å². The predicted octanol–water partition coefficient (Wildman–Crippen LogP) is 2.35. The first kappa shape index (κ1) is 11.2. The highest BCUT2D eigenvalue weighted by atomic mass is 35.5. The standard InChI is InChI=1S/C9H10ClNO2S/c1-14-5-9(13)11-6-2-3-8(12)7(10)4-6/h2-4,12H,5H2,1H3,(H,11,13). The lowest BCUT2D eigenvalue weighted by molar-refractivity contribution is -0.113. The highest BCUT2D eigenvalue weighted by Crippen LogP contribution is 2.25. The number of hydrogen-bond donors (Lipinski definition) is 2. The fraction of sp³-hybridized carbons (Fsp3) is 0.222. The van der Waals surface area contributed by atoms with Crippen LogP contribution in [0.1, 0.15) is 0 Å². The lowest BCUT2D eigenvalue weighted by atomic mass is 10.3. The van der Waals surface area contributed by atoms with E-state index in [1.165, 1.54) is 23.9 Å². The number of phenols is 1. The van der Waals surface area contributed by atoms with Crippen LogP contribution in [0.5, 0.6) is 5.75 Å². The van der Waals surface area contributed by atoms with Crippen molar-refractivity contribution in [1.82, 2.24) is 0 Å². The molecule has 0 unspecified atom stereocenters. The molecular formula is C9H10ClNO2S. The number of anilines is 1. The Balaban J connectivity index is 2.68. The third-order valence-corrected chi connectivity index (χ3v) is 2.36. The van der Waals surface area contributed by atoms with Gasteiger partial charge in [0.2, 0.25) is 5.91 Å². The zero-order valence-corrected chi connectivity index (χ0v) is 9.15. The Morgan fingerprint density at radius 3 is 2.93 bits per heavy atom. The minimum Gasteiger partial charge on any atom is -0.506 e. The van der Waals surface area contributed by atoms with Crippen LogP contribution in [0.2, 0.25) is 5.02 Å². The van der Waals surface area contributed by atoms with Gasteiger partial charge in [-0.1, -0.05) is 11.6 Å². The number of halogens is 1. The van der Waals surface area contributed by atoms with Crippen LogP contribution in [0, 0.1) is 0 Å². The van der Waals surface area contributed by atoms with Crippen molar-refractivity contribution in [2.45, 2.75) is 0 Å². The number of phenolic OH excluding ortho intramolecular Hbond substituents is 1. The average molecular weight is 232 g/mol. The summed E-state index contributed by atoms with van der Waals surface area (Å²) in [7, 11) is 0. The van der Waals surface area contributed by atoms with Crippen LogP contribution >= 0.6 is 23.4 Å². The number of aromatic hydroxyl groups is 1. The Morgan fingerprint density at radius 1 is 1.64 bits per heavy atom. The van der Waals surface area contributed by atoms with E-state index in [9.17, 15) is 4.79 Å². The van der Waals surface area contributed by atoms with Crippen molar-refractivity contribution in [1.29, 1.82) is 0 Å². The quantitative estimate of drug-likeness (QED) is 0.786. The molecule has 0 radical (unpaired) electrons. The van der Waals surface area contributed by atoms with Gasteiger partial charge in [-0.3, -0.25) is 4.79 Å². The summed E-state index contributed by atoms with van der Waals surface area (Å²) in [5, 5.41) is 12.0. The van der Waals surface area contributed by atoms with Crippen LogP contribution in [-0.2, 0) is 4.79 Å². The van der Waals surface area contributed by atoms with Gasteiger partial charge in [-0.25, -0.2) is 0 Å². The van der Waals surface area contributed by atoms with E-state index in [-0.39, 0.29) is 16.7 Å². The summed E-state index contributed by atoms with van der Waals surface area (Å²) < 4.78 is 0. The molecule has 2 N–H and O–H groups in total. The number of thioether (sulfide) groups is 1. The maximum absolute atomic E-state index is 11.2. The Bertz CT molecular complexity index is 344. The van der Waals surface area contributed by atoms with Crippen LogP contribution in [0.3, 0.4) is 0 Å². The number of amides is 1. The maximum Gasteiger partial charge on any atom is 0.234 e. The van der Waals surface area contributed by atoms with Gasteiger partial charge in [-0.05, 0) is 24.5 Å². The fourth-order valence-electron chi connectivity index (χ4n) is 0.913. The summed E-state index contributed by atoms with van der Waals surface area (Å²) in [6, 6.07) is 4.55. The second kappa shape index (κ2) is 5.12. The molecule has 1 aromatic carbocycles. The third-order valence-electron chi connectivity index (χ3n) is 1.51. The smallest absolute Gasteiger partial charge is 0.234 e. The predicted molar refractivity (Wildman–Crippen MR) is 60.1 cm³/mol. The van der Waals surface area contributed by atoms with Crippen LogP contribution in [0.4, 0.5) is 5.69 Å². The van der Waals surface area contributed by atoms with Crippen molar-refractivity contribution in [3.8, 4) is 5.75 Å². The summed E-state index contributed by atoms with van der Waals surface area (Å²) in [5.41, 5.74) is 0.590. The number of nitrogens with one attached hydrogen (secondary N) is 1. The molecule has 0 aliphatic heterocycles. The first-order valence-corrected chi connectivity index (χ1v) is 5.68. The number of rotatable bonds is 3. The lowest BCUT2D eigenvalue weighted by Crippen LogP contribution is -2.13. The van der Waals surface area contributed by atoms with Gasteiger partial charge in [0.15, 0.2) is 0 Å². The van der Waals surface area contributed by atoms with Crippen LogP contribution in [0.15, 0.2) is 18.2 Å². The molecule has 3 nitrogen and oxygen atoms in total.